The fourth-order valence-electron chi connectivity index (χ4n) is 3.15. The highest BCUT2D eigenvalue weighted by molar-refractivity contribution is 6.30. The van der Waals surface area contributed by atoms with Gasteiger partial charge in [-0.25, -0.2) is 0 Å². The van der Waals surface area contributed by atoms with E-state index in [2.05, 4.69) is 10.6 Å². The van der Waals surface area contributed by atoms with Crippen LogP contribution in [0.15, 0.2) is 89.5 Å². The van der Waals surface area contributed by atoms with E-state index < -0.39 is 0 Å². The van der Waals surface area contributed by atoms with E-state index in [0.29, 0.717) is 40.1 Å². The quantitative estimate of drug-likeness (QED) is 0.324. The maximum Gasteiger partial charge on any atom is 0.291 e. The van der Waals surface area contributed by atoms with Gasteiger partial charge in [-0.3, -0.25) is 9.59 Å². The van der Waals surface area contributed by atoms with Crippen molar-refractivity contribution < 1.29 is 23.5 Å². The SMILES string of the molecule is COc1cc(C(=O)Nc2cccc(NC(=O)c3ccco3)c2)ccc1OCc1ccc(Cl)cc1. The predicted octanol–water partition coefficient (Wildman–Crippen LogP) is 6.03. The number of anilines is 2. The molecule has 0 aliphatic heterocycles. The van der Waals surface area contributed by atoms with Gasteiger partial charge < -0.3 is 24.5 Å². The van der Waals surface area contributed by atoms with Crippen molar-refractivity contribution in [3.8, 4) is 11.5 Å². The van der Waals surface area contributed by atoms with Crippen LogP contribution in [-0.2, 0) is 6.61 Å². The average Bonchev–Trinajstić information content (AvgIpc) is 3.39. The van der Waals surface area contributed by atoms with Gasteiger partial charge >= 0.3 is 0 Å². The molecule has 8 heteroatoms. The molecule has 2 N–H and O–H groups in total. The van der Waals surface area contributed by atoms with E-state index in [1.54, 1.807) is 66.7 Å². The minimum atomic E-state index is -0.382. The van der Waals surface area contributed by atoms with Crippen LogP contribution in [0.25, 0.3) is 0 Å². The Bertz CT molecular complexity index is 1290. The van der Waals surface area contributed by atoms with Crippen molar-refractivity contribution in [3.05, 3.63) is 107 Å². The Labute approximate surface area is 201 Å². The normalized spacial score (nSPS) is 10.4. The molecule has 7 nitrogen and oxygen atoms in total. The van der Waals surface area contributed by atoms with Gasteiger partial charge in [-0.2, -0.15) is 0 Å². The van der Waals surface area contributed by atoms with Gasteiger partial charge in [0.2, 0.25) is 0 Å². The molecule has 4 rings (SSSR count). The lowest BCUT2D eigenvalue weighted by Crippen LogP contribution is -2.14. The number of furan rings is 1. The molecule has 3 aromatic carbocycles. The number of ether oxygens (including phenoxy) is 2. The zero-order valence-corrected chi connectivity index (χ0v) is 19.0. The Kier molecular flexibility index (Phi) is 7.15. The molecule has 1 aromatic heterocycles. The van der Waals surface area contributed by atoms with Crippen LogP contribution < -0.4 is 20.1 Å². The van der Waals surface area contributed by atoms with E-state index in [1.165, 1.54) is 13.4 Å². The summed E-state index contributed by atoms with van der Waals surface area (Å²) in [6.45, 7) is 0.329. The van der Waals surface area contributed by atoms with Gasteiger partial charge in [0.15, 0.2) is 17.3 Å². The van der Waals surface area contributed by atoms with Crippen LogP contribution in [0.5, 0.6) is 11.5 Å². The fourth-order valence-corrected chi connectivity index (χ4v) is 3.27. The van der Waals surface area contributed by atoms with Gasteiger partial charge in [-0.1, -0.05) is 29.8 Å². The highest BCUT2D eigenvalue weighted by Crippen LogP contribution is 2.29. The molecule has 172 valence electrons. The molecule has 0 unspecified atom stereocenters. The third kappa shape index (κ3) is 5.76. The Hall–Kier alpha value is -4.23. The van der Waals surface area contributed by atoms with Crippen LogP contribution in [0.4, 0.5) is 11.4 Å². The molecule has 1 heterocycles. The zero-order chi connectivity index (χ0) is 23.9. The largest absolute Gasteiger partial charge is 0.493 e. The van der Waals surface area contributed by atoms with Crippen molar-refractivity contribution >= 4 is 34.8 Å². The first-order valence-corrected chi connectivity index (χ1v) is 10.7. The molecule has 2 amide bonds. The number of hydrogen-bond donors (Lipinski definition) is 2. The van der Waals surface area contributed by atoms with Gasteiger partial charge in [0.05, 0.1) is 13.4 Å². The molecule has 0 saturated carbocycles. The minimum absolute atomic E-state index is 0.194. The Morgan fingerprint density at radius 3 is 2.26 bits per heavy atom. The van der Waals surface area contributed by atoms with Gasteiger partial charge in [-0.15, -0.1) is 0 Å². The molecule has 0 fully saturated rings. The number of halogens is 1. The van der Waals surface area contributed by atoms with Crippen LogP contribution >= 0.6 is 11.6 Å². The molecule has 4 aromatic rings. The summed E-state index contributed by atoms with van der Waals surface area (Å²) < 4.78 is 16.3. The Morgan fingerprint density at radius 1 is 0.853 bits per heavy atom. The summed E-state index contributed by atoms with van der Waals surface area (Å²) in [7, 11) is 1.51. The number of carbonyl (C=O) groups excluding carboxylic acids is 2. The van der Waals surface area contributed by atoms with E-state index in [0.717, 1.165) is 5.56 Å². The maximum absolute atomic E-state index is 12.8. The summed E-state index contributed by atoms with van der Waals surface area (Å²) in [6.07, 6.45) is 1.42. The van der Waals surface area contributed by atoms with Crippen LogP contribution in [-0.4, -0.2) is 18.9 Å². The minimum Gasteiger partial charge on any atom is -0.493 e. The molecule has 0 aliphatic rings. The summed E-state index contributed by atoms with van der Waals surface area (Å²) in [5.74, 6) is 0.419. The van der Waals surface area contributed by atoms with Crippen molar-refractivity contribution in [3.63, 3.8) is 0 Å². The third-order valence-electron chi connectivity index (χ3n) is 4.86. The van der Waals surface area contributed by atoms with Gasteiger partial charge in [0.1, 0.15) is 6.61 Å². The molecule has 34 heavy (non-hydrogen) atoms. The van der Waals surface area contributed by atoms with Crippen molar-refractivity contribution in [1.29, 1.82) is 0 Å². The summed E-state index contributed by atoms with van der Waals surface area (Å²) in [4.78, 5) is 25.0. The van der Waals surface area contributed by atoms with E-state index in [9.17, 15) is 9.59 Å². The van der Waals surface area contributed by atoms with E-state index in [-0.39, 0.29) is 17.6 Å². The lowest BCUT2D eigenvalue weighted by molar-refractivity contribution is 0.0995. The second kappa shape index (κ2) is 10.6. The van der Waals surface area contributed by atoms with E-state index in [1.807, 2.05) is 12.1 Å². The maximum atomic E-state index is 12.8. The third-order valence-corrected chi connectivity index (χ3v) is 5.11. The number of carbonyl (C=O) groups is 2. The number of rotatable bonds is 8. The van der Waals surface area contributed by atoms with Crippen molar-refractivity contribution in [2.45, 2.75) is 6.61 Å². The number of nitrogens with one attached hydrogen (secondary N) is 2. The molecular formula is C26H21ClN2O5. The zero-order valence-electron chi connectivity index (χ0n) is 18.2. The highest BCUT2D eigenvalue weighted by atomic mass is 35.5. The first-order chi connectivity index (χ1) is 16.5. The second-order valence-corrected chi connectivity index (χ2v) is 7.68. The van der Waals surface area contributed by atoms with Crippen LogP contribution in [0, 0.1) is 0 Å². The highest BCUT2D eigenvalue weighted by Gasteiger charge is 2.13. The van der Waals surface area contributed by atoms with Gasteiger partial charge in [0.25, 0.3) is 11.8 Å². The second-order valence-electron chi connectivity index (χ2n) is 7.25. The summed E-state index contributed by atoms with van der Waals surface area (Å²) in [6, 6.07) is 22.3. The standard InChI is InChI=1S/C26H21ClN2O5/c1-32-24-14-18(9-12-22(24)34-16-17-7-10-19(27)11-8-17)25(30)28-20-4-2-5-21(15-20)29-26(31)23-6-3-13-33-23/h2-15H,16H2,1H3,(H,28,30)(H,29,31). The van der Waals surface area contributed by atoms with Gasteiger partial charge in [0, 0.05) is 22.0 Å². The first-order valence-electron chi connectivity index (χ1n) is 10.3. The van der Waals surface area contributed by atoms with Crippen LogP contribution in [0.3, 0.4) is 0 Å². The molecule has 0 radical (unpaired) electrons. The molecule has 0 saturated heterocycles. The molecule has 0 aliphatic carbocycles. The number of hydrogen-bond acceptors (Lipinski definition) is 5. The lowest BCUT2D eigenvalue weighted by Gasteiger charge is -2.13. The molecule has 0 spiro atoms. The Balaban J connectivity index is 1.41. The molecule has 0 atom stereocenters. The number of amides is 2. The monoisotopic (exact) mass is 476 g/mol. The molecule has 0 bridgehead atoms. The van der Waals surface area contributed by atoms with Crippen LogP contribution in [0.1, 0.15) is 26.5 Å². The summed E-state index contributed by atoms with van der Waals surface area (Å²) >= 11 is 5.91. The van der Waals surface area contributed by atoms with E-state index >= 15 is 0 Å². The number of methoxy groups -OCH3 is 1. The topological polar surface area (TPSA) is 89.8 Å². The lowest BCUT2D eigenvalue weighted by atomic mass is 10.1. The average molecular weight is 477 g/mol. The molecular weight excluding hydrogens is 456 g/mol. The van der Waals surface area contributed by atoms with Gasteiger partial charge in [-0.05, 0) is 66.2 Å². The first kappa shape index (κ1) is 22.9. The smallest absolute Gasteiger partial charge is 0.291 e. The number of benzene rings is 3. The van der Waals surface area contributed by atoms with E-state index in [4.69, 9.17) is 25.5 Å². The van der Waals surface area contributed by atoms with Crippen molar-refractivity contribution in [1.82, 2.24) is 0 Å². The van der Waals surface area contributed by atoms with Crippen molar-refractivity contribution in [2.75, 3.05) is 17.7 Å². The van der Waals surface area contributed by atoms with Crippen molar-refractivity contribution in [2.24, 2.45) is 0 Å². The summed E-state index contributed by atoms with van der Waals surface area (Å²) in [5, 5.41) is 6.20. The predicted molar refractivity (Wildman–Crippen MR) is 130 cm³/mol. The fraction of sp³-hybridized carbons (Fsp3) is 0.0769. The summed E-state index contributed by atoms with van der Waals surface area (Å²) in [5.41, 5.74) is 2.38. The Morgan fingerprint density at radius 2 is 1.59 bits per heavy atom. The van der Waals surface area contributed by atoms with Crippen LogP contribution in [0.2, 0.25) is 5.02 Å².